The molecule has 0 radical (unpaired) electrons. The summed E-state index contributed by atoms with van der Waals surface area (Å²) in [5.74, 6) is 1.46. The van der Waals surface area contributed by atoms with Crippen molar-refractivity contribution in [3.05, 3.63) is 138 Å². The van der Waals surface area contributed by atoms with Gasteiger partial charge in [-0.3, -0.25) is 10.1 Å². The summed E-state index contributed by atoms with van der Waals surface area (Å²) < 4.78 is 6.97. The molecule has 2 aliphatic heterocycles. The standard InChI is InChI=1S/C32H30N6O2S/c1-31(2)27(28-34-35-36-37(28)21-25-19-12-20-40-25)38-29(39)26(30(38)41-31)33-32(22-13-6-3-7-14-22,23-15-8-4-9-16-23)24-17-10-5-11-18-24/h3-20,26-27,30,33H,21H2,1-2H3/t26?,27?,30-/m0/s1. The molecule has 9 heteroatoms. The number of tetrazole rings is 1. The summed E-state index contributed by atoms with van der Waals surface area (Å²) in [4.78, 5) is 16.1. The molecule has 2 aromatic heterocycles. The van der Waals surface area contributed by atoms with E-state index in [9.17, 15) is 4.79 Å². The summed E-state index contributed by atoms with van der Waals surface area (Å²) in [6, 6.07) is 34.2. The van der Waals surface area contributed by atoms with E-state index in [2.05, 4.69) is 107 Å². The van der Waals surface area contributed by atoms with Gasteiger partial charge in [0.25, 0.3) is 0 Å². The van der Waals surface area contributed by atoms with Crippen LogP contribution in [0.3, 0.4) is 0 Å². The van der Waals surface area contributed by atoms with Crippen molar-refractivity contribution in [1.29, 1.82) is 0 Å². The van der Waals surface area contributed by atoms with E-state index in [1.807, 2.05) is 35.2 Å². The Morgan fingerprint density at radius 1 is 0.878 bits per heavy atom. The normalized spacial score (nSPS) is 21.5. The first-order valence-electron chi connectivity index (χ1n) is 13.7. The Hall–Kier alpha value is -4.21. The van der Waals surface area contributed by atoms with Gasteiger partial charge in [-0.15, -0.1) is 16.9 Å². The third-order valence-corrected chi connectivity index (χ3v) is 9.69. The van der Waals surface area contributed by atoms with Crippen LogP contribution in [0.2, 0.25) is 0 Å². The minimum absolute atomic E-state index is 0.0396. The molecule has 3 atom stereocenters. The molecule has 0 bridgehead atoms. The van der Waals surface area contributed by atoms with Gasteiger partial charge in [0.05, 0.1) is 11.8 Å². The Morgan fingerprint density at radius 2 is 1.46 bits per heavy atom. The zero-order valence-electron chi connectivity index (χ0n) is 22.8. The maximum Gasteiger partial charge on any atom is 0.244 e. The van der Waals surface area contributed by atoms with Crippen molar-refractivity contribution in [1.82, 2.24) is 30.4 Å². The molecule has 2 saturated heterocycles. The Kier molecular flexibility index (Phi) is 6.28. The van der Waals surface area contributed by atoms with Gasteiger partial charge >= 0.3 is 0 Å². The van der Waals surface area contributed by atoms with Gasteiger partial charge in [-0.25, -0.2) is 4.68 Å². The van der Waals surface area contributed by atoms with E-state index in [0.29, 0.717) is 12.4 Å². The summed E-state index contributed by atoms with van der Waals surface area (Å²) in [5, 5.41) is 16.4. The highest BCUT2D eigenvalue weighted by Crippen LogP contribution is 2.57. The summed E-state index contributed by atoms with van der Waals surface area (Å²) in [5.41, 5.74) is 2.49. The van der Waals surface area contributed by atoms with Crippen LogP contribution in [0.1, 0.15) is 48.2 Å². The Morgan fingerprint density at radius 3 is 2.00 bits per heavy atom. The lowest BCUT2D eigenvalue weighted by Crippen LogP contribution is -2.70. The molecule has 2 aliphatic rings. The van der Waals surface area contributed by atoms with Crippen LogP contribution in [0.4, 0.5) is 0 Å². The molecule has 7 rings (SSSR count). The van der Waals surface area contributed by atoms with Gasteiger partial charge in [0, 0.05) is 4.75 Å². The van der Waals surface area contributed by atoms with E-state index < -0.39 is 11.6 Å². The predicted molar refractivity (Wildman–Crippen MR) is 157 cm³/mol. The van der Waals surface area contributed by atoms with Crippen LogP contribution in [-0.2, 0) is 16.9 Å². The second-order valence-electron chi connectivity index (χ2n) is 11.0. The molecule has 5 aromatic rings. The molecule has 1 amide bonds. The molecule has 4 heterocycles. The van der Waals surface area contributed by atoms with E-state index in [1.165, 1.54) is 0 Å². The van der Waals surface area contributed by atoms with Crippen molar-refractivity contribution < 1.29 is 9.21 Å². The first-order valence-corrected chi connectivity index (χ1v) is 14.6. The second-order valence-corrected chi connectivity index (χ2v) is 12.8. The lowest BCUT2D eigenvalue weighted by molar-refractivity contribution is -0.150. The zero-order chi connectivity index (χ0) is 28.0. The first-order chi connectivity index (χ1) is 20.0. The molecule has 2 unspecified atom stereocenters. The van der Waals surface area contributed by atoms with Gasteiger partial charge in [-0.05, 0) is 53.1 Å². The molecule has 206 valence electrons. The summed E-state index contributed by atoms with van der Waals surface area (Å²) in [6.07, 6.45) is 1.64. The van der Waals surface area contributed by atoms with Crippen molar-refractivity contribution in [3.8, 4) is 0 Å². The maximum atomic E-state index is 14.2. The quantitative estimate of drug-likeness (QED) is 0.210. The number of carbonyl (C=O) groups excluding carboxylic acids is 1. The van der Waals surface area contributed by atoms with Crippen molar-refractivity contribution in [2.24, 2.45) is 0 Å². The summed E-state index contributed by atoms with van der Waals surface area (Å²) >= 11 is 1.79. The average molecular weight is 563 g/mol. The fraction of sp³-hybridized carbons (Fsp3) is 0.250. The molecule has 3 aromatic carbocycles. The Balaban J connectivity index is 1.28. The lowest BCUT2D eigenvalue weighted by Gasteiger charge is -2.49. The summed E-state index contributed by atoms with van der Waals surface area (Å²) in [6.45, 7) is 4.73. The molecular weight excluding hydrogens is 532 g/mol. The number of benzene rings is 3. The van der Waals surface area contributed by atoms with Crippen LogP contribution in [0, 0.1) is 0 Å². The van der Waals surface area contributed by atoms with Crippen LogP contribution < -0.4 is 5.32 Å². The van der Waals surface area contributed by atoms with E-state index in [0.717, 1.165) is 22.5 Å². The largest absolute Gasteiger partial charge is 0.467 e. The minimum atomic E-state index is -0.736. The van der Waals surface area contributed by atoms with E-state index >= 15 is 0 Å². The van der Waals surface area contributed by atoms with E-state index in [-0.39, 0.29) is 22.1 Å². The molecule has 0 saturated carbocycles. The van der Waals surface area contributed by atoms with Crippen molar-refractivity contribution in [2.45, 2.75) is 48.1 Å². The number of aromatic nitrogens is 4. The summed E-state index contributed by atoms with van der Waals surface area (Å²) in [7, 11) is 0. The third-order valence-electron chi connectivity index (χ3n) is 8.12. The number of nitrogens with one attached hydrogen (secondary N) is 1. The number of rotatable bonds is 8. The Bertz CT molecular complexity index is 1540. The average Bonchev–Trinajstić information content (AvgIpc) is 3.74. The fourth-order valence-electron chi connectivity index (χ4n) is 6.28. The van der Waals surface area contributed by atoms with Crippen LogP contribution >= 0.6 is 11.8 Å². The van der Waals surface area contributed by atoms with Gasteiger partial charge < -0.3 is 9.32 Å². The highest BCUT2D eigenvalue weighted by Gasteiger charge is 2.64. The molecule has 0 spiro atoms. The number of nitrogens with zero attached hydrogens (tertiary/aromatic N) is 5. The predicted octanol–water partition coefficient (Wildman–Crippen LogP) is 5.00. The van der Waals surface area contributed by atoms with Crippen LogP contribution in [-0.4, -0.2) is 47.2 Å². The number of β-lactam (4-membered cyclic amide) rings is 1. The van der Waals surface area contributed by atoms with E-state index in [4.69, 9.17) is 4.42 Å². The number of thioether (sulfide) groups is 1. The van der Waals surface area contributed by atoms with Crippen molar-refractivity contribution in [3.63, 3.8) is 0 Å². The number of hydrogen-bond acceptors (Lipinski definition) is 7. The van der Waals surface area contributed by atoms with Crippen LogP contribution in [0.5, 0.6) is 0 Å². The van der Waals surface area contributed by atoms with Gasteiger partial charge in [-0.2, -0.15) is 0 Å². The van der Waals surface area contributed by atoms with Gasteiger partial charge in [0.15, 0.2) is 5.82 Å². The zero-order valence-corrected chi connectivity index (χ0v) is 23.6. The van der Waals surface area contributed by atoms with Crippen molar-refractivity contribution in [2.75, 3.05) is 0 Å². The Labute approximate surface area is 242 Å². The molecule has 8 nitrogen and oxygen atoms in total. The maximum absolute atomic E-state index is 14.2. The number of amides is 1. The van der Waals surface area contributed by atoms with Gasteiger partial charge in [0.2, 0.25) is 5.91 Å². The lowest BCUT2D eigenvalue weighted by atomic mass is 9.76. The van der Waals surface area contributed by atoms with Crippen LogP contribution in [0.15, 0.2) is 114 Å². The SMILES string of the molecule is CC1(C)S[C@H]2C(NC(c3ccccc3)(c3ccccc3)c3ccccc3)C(=O)N2C1c1nnnn1Cc1ccco1. The fourth-order valence-corrected chi connectivity index (χ4v) is 7.91. The molecule has 41 heavy (non-hydrogen) atoms. The molecular formula is C32H30N6O2S. The number of furan rings is 1. The molecule has 1 N–H and O–H groups in total. The highest BCUT2D eigenvalue weighted by molar-refractivity contribution is 8.01. The van der Waals surface area contributed by atoms with Crippen LogP contribution in [0.25, 0.3) is 0 Å². The second kappa shape index (κ2) is 10.0. The van der Waals surface area contributed by atoms with Crippen molar-refractivity contribution >= 4 is 17.7 Å². The molecule has 2 fully saturated rings. The number of hydrogen-bond donors (Lipinski definition) is 1. The third kappa shape index (κ3) is 4.19. The minimum Gasteiger partial charge on any atom is -0.467 e. The highest BCUT2D eigenvalue weighted by atomic mass is 32.2. The first kappa shape index (κ1) is 25.7. The van der Waals surface area contributed by atoms with Gasteiger partial charge in [-0.1, -0.05) is 91.0 Å². The van der Waals surface area contributed by atoms with Gasteiger partial charge in [0.1, 0.15) is 29.8 Å². The monoisotopic (exact) mass is 562 g/mol. The number of fused-ring (bicyclic) bond motifs is 1. The smallest absolute Gasteiger partial charge is 0.244 e. The topological polar surface area (TPSA) is 89.1 Å². The van der Waals surface area contributed by atoms with E-state index in [1.54, 1.807) is 22.7 Å². The number of carbonyl (C=O) groups is 1. The molecule has 0 aliphatic carbocycles.